The lowest BCUT2D eigenvalue weighted by Gasteiger charge is -2.21. The fourth-order valence-corrected chi connectivity index (χ4v) is 1.97. The van der Waals surface area contributed by atoms with Crippen LogP contribution in [-0.2, 0) is 0 Å². The summed E-state index contributed by atoms with van der Waals surface area (Å²) >= 11 is 0. The van der Waals surface area contributed by atoms with Crippen molar-refractivity contribution in [1.29, 1.82) is 0 Å². The molecule has 0 aliphatic heterocycles. The number of imidazole rings is 1. The molecule has 96 valence electrons. The molecule has 2 aromatic heterocycles. The number of hydrogen-bond donors (Lipinski definition) is 1. The number of rotatable bonds is 5. The summed E-state index contributed by atoms with van der Waals surface area (Å²) in [6, 6.07) is 4.55. The zero-order valence-corrected chi connectivity index (χ0v) is 11.2. The van der Waals surface area contributed by atoms with Crippen molar-refractivity contribution in [3.63, 3.8) is 0 Å². The van der Waals surface area contributed by atoms with Crippen molar-refractivity contribution in [3.05, 3.63) is 37.1 Å². The number of nitrogens with one attached hydrogen (secondary N) is 1. The highest BCUT2D eigenvalue weighted by atomic mass is 15.1. The molecule has 18 heavy (non-hydrogen) atoms. The minimum absolute atomic E-state index is 0.492. The first-order chi connectivity index (χ1) is 8.70. The van der Waals surface area contributed by atoms with E-state index in [-0.39, 0.29) is 0 Å². The number of anilines is 1. The van der Waals surface area contributed by atoms with E-state index in [1.54, 1.807) is 12.5 Å². The highest BCUT2D eigenvalue weighted by molar-refractivity contribution is 5.44. The van der Waals surface area contributed by atoms with E-state index < -0.39 is 0 Å². The summed E-state index contributed by atoms with van der Waals surface area (Å²) in [6.45, 7) is 6.66. The van der Waals surface area contributed by atoms with E-state index >= 15 is 0 Å². The van der Waals surface area contributed by atoms with Crippen molar-refractivity contribution in [2.45, 2.75) is 33.2 Å². The second-order valence-electron chi connectivity index (χ2n) is 4.78. The lowest BCUT2D eigenvalue weighted by molar-refractivity contribution is 0.511. The Morgan fingerprint density at radius 2 is 2.17 bits per heavy atom. The third-order valence-corrected chi connectivity index (χ3v) is 3.11. The van der Waals surface area contributed by atoms with Gasteiger partial charge in [0.2, 0.25) is 0 Å². The van der Waals surface area contributed by atoms with Crippen molar-refractivity contribution < 1.29 is 0 Å². The molecule has 0 spiro atoms. The van der Waals surface area contributed by atoms with E-state index in [2.05, 4.69) is 42.1 Å². The largest absolute Gasteiger partial charge is 0.381 e. The topological polar surface area (TPSA) is 42.7 Å². The first-order valence-electron chi connectivity index (χ1n) is 6.41. The van der Waals surface area contributed by atoms with Gasteiger partial charge in [0.05, 0.1) is 11.9 Å². The van der Waals surface area contributed by atoms with Crippen LogP contribution in [0.25, 0.3) is 5.82 Å². The highest BCUT2D eigenvalue weighted by Gasteiger charge is 2.10. The van der Waals surface area contributed by atoms with Crippen molar-refractivity contribution in [1.82, 2.24) is 14.5 Å². The number of hydrogen-bond acceptors (Lipinski definition) is 3. The Labute approximate surface area is 108 Å². The van der Waals surface area contributed by atoms with Crippen LogP contribution in [0, 0.1) is 5.92 Å². The smallest absolute Gasteiger partial charge is 0.137 e. The van der Waals surface area contributed by atoms with Gasteiger partial charge in [-0.2, -0.15) is 0 Å². The molecule has 2 heterocycles. The summed E-state index contributed by atoms with van der Waals surface area (Å²) in [5.41, 5.74) is 1.07. The fourth-order valence-electron chi connectivity index (χ4n) is 1.97. The molecule has 0 aliphatic carbocycles. The minimum Gasteiger partial charge on any atom is -0.381 e. The van der Waals surface area contributed by atoms with Crippen LogP contribution in [0.3, 0.4) is 0 Å². The summed E-state index contributed by atoms with van der Waals surface area (Å²) in [5, 5.41) is 3.51. The lowest BCUT2D eigenvalue weighted by atomic mass is 10.0. The van der Waals surface area contributed by atoms with E-state index in [0.717, 1.165) is 17.9 Å². The first kappa shape index (κ1) is 12.6. The molecular weight excluding hydrogens is 224 g/mol. The Morgan fingerprint density at radius 1 is 1.33 bits per heavy atom. The second kappa shape index (κ2) is 5.67. The van der Waals surface area contributed by atoms with Gasteiger partial charge in [-0.15, -0.1) is 0 Å². The normalized spacial score (nSPS) is 12.7. The van der Waals surface area contributed by atoms with Crippen LogP contribution in [0.15, 0.2) is 37.1 Å². The van der Waals surface area contributed by atoms with Gasteiger partial charge in [-0.25, -0.2) is 9.97 Å². The third kappa shape index (κ3) is 2.88. The molecule has 4 heteroatoms. The van der Waals surface area contributed by atoms with Crippen LogP contribution in [0.2, 0.25) is 0 Å². The third-order valence-electron chi connectivity index (χ3n) is 3.11. The van der Waals surface area contributed by atoms with Crippen molar-refractivity contribution in [2.75, 3.05) is 5.32 Å². The summed E-state index contributed by atoms with van der Waals surface area (Å²) in [5.74, 6) is 1.50. The number of aromatic nitrogens is 3. The Bertz CT molecular complexity index is 459. The maximum Gasteiger partial charge on any atom is 0.137 e. The molecule has 0 saturated carbocycles. The number of pyridine rings is 1. The molecule has 0 aliphatic rings. The predicted molar refractivity (Wildman–Crippen MR) is 73.9 cm³/mol. The minimum atomic E-state index is 0.492. The van der Waals surface area contributed by atoms with Gasteiger partial charge in [0.1, 0.15) is 12.1 Å². The standard InChI is InChI=1S/C14H20N4/c1-4-13(11(2)3)17-12-5-6-14(16-9-12)18-8-7-15-10-18/h5-11,13,17H,4H2,1-3H3. The fraction of sp³-hybridized carbons (Fsp3) is 0.429. The van der Waals surface area contributed by atoms with Crippen LogP contribution in [0.5, 0.6) is 0 Å². The molecule has 2 rings (SSSR count). The average molecular weight is 244 g/mol. The summed E-state index contributed by atoms with van der Waals surface area (Å²) in [4.78, 5) is 8.44. The monoisotopic (exact) mass is 244 g/mol. The van der Waals surface area contributed by atoms with E-state index in [0.29, 0.717) is 12.0 Å². The van der Waals surface area contributed by atoms with Gasteiger partial charge in [0, 0.05) is 18.4 Å². The van der Waals surface area contributed by atoms with E-state index in [1.807, 2.05) is 23.0 Å². The van der Waals surface area contributed by atoms with Crippen LogP contribution >= 0.6 is 0 Å². The van der Waals surface area contributed by atoms with E-state index in [1.165, 1.54) is 0 Å². The first-order valence-corrected chi connectivity index (χ1v) is 6.41. The molecule has 0 amide bonds. The Hall–Kier alpha value is -1.84. The average Bonchev–Trinajstić information content (AvgIpc) is 2.90. The number of nitrogens with zero attached hydrogens (tertiary/aromatic N) is 3. The summed E-state index contributed by atoms with van der Waals surface area (Å²) in [7, 11) is 0. The van der Waals surface area contributed by atoms with Gasteiger partial charge in [-0.05, 0) is 24.5 Å². The Morgan fingerprint density at radius 3 is 2.67 bits per heavy atom. The zero-order chi connectivity index (χ0) is 13.0. The summed E-state index contributed by atoms with van der Waals surface area (Å²) in [6.07, 6.45) is 8.37. The van der Waals surface area contributed by atoms with Gasteiger partial charge >= 0.3 is 0 Å². The van der Waals surface area contributed by atoms with Crippen LogP contribution < -0.4 is 5.32 Å². The summed E-state index contributed by atoms with van der Waals surface area (Å²) < 4.78 is 1.89. The second-order valence-corrected chi connectivity index (χ2v) is 4.78. The molecule has 0 saturated heterocycles. The maximum absolute atomic E-state index is 4.43. The quantitative estimate of drug-likeness (QED) is 0.878. The van der Waals surface area contributed by atoms with Crippen LogP contribution in [-0.4, -0.2) is 20.6 Å². The maximum atomic E-state index is 4.43. The Kier molecular flexibility index (Phi) is 3.97. The van der Waals surface area contributed by atoms with Crippen LogP contribution in [0.4, 0.5) is 5.69 Å². The zero-order valence-electron chi connectivity index (χ0n) is 11.2. The van der Waals surface area contributed by atoms with Crippen LogP contribution in [0.1, 0.15) is 27.2 Å². The molecule has 1 atom stereocenters. The van der Waals surface area contributed by atoms with E-state index in [4.69, 9.17) is 0 Å². The van der Waals surface area contributed by atoms with Crippen molar-refractivity contribution in [2.24, 2.45) is 5.92 Å². The molecule has 1 N–H and O–H groups in total. The van der Waals surface area contributed by atoms with Gasteiger partial charge in [0.15, 0.2) is 0 Å². The predicted octanol–water partition coefficient (Wildman–Crippen LogP) is 3.11. The highest BCUT2D eigenvalue weighted by Crippen LogP contribution is 2.15. The molecule has 0 fully saturated rings. The molecular formula is C14H20N4. The molecule has 0 bridgehead atoms. The van der Waals surface area contributed by atoms with Crippen molar-refractivity contribution in [3.8, 4) is 5.82 Å². The van der Waals surface area contributed by atoms with Crippen molar-refractivity contribution >= 4 is 5.69 Å². The SMILES string of the molecule is CCC(Nc1ccc(-n2ccnc2)nc1)C(C)C. The van der Waals surface area contributed by atoms with E-state index in [9.17, 15) is 0 Å². The lowest BCUT2D eigenvalue weighted by Crippen LogP contribution is -2.24. The van der Waals surface area contributed by atoms with Gasteiger partial charge in [0.25, 0.3) is 0 Å². The van der Waals surface area contributed by atoms with Gasteiger partial charge < -0.3 is 5.32 Å². The molecule has 2 aromatic rings. The Balaban J connectivity index is 2.08. The van der Waals surface area contributed by atoms with Gasteiger partial charge in [-0.1, -0.05) is 20.8 Å². The molecule has 1 unspecified atom stereocenters. The molecule has 0 radical (unpaired) electrons. The molecule has 0 aromatic carbocycles. The molecule has 4 nitrogen and oxygen atoms in total. The van der Waals surface area contributed by atoms with Gasteiger partial charge in [-0.3, -0.25) is 4.57 Å².